The summed E-state index contributed by atoms with van der Waals surface area (Å²) in [7, 11) is 2.15. The SMILES string of the molecule is CC1CC1CN(C)c1ccc(C#N)c2ccccc12. The molecule has 2 aromatic rings. The molecular weight excluding hydrogens is 232 g/mol. The number of benzene rings is 2. The second-order valence-corrected chi connectivity index (χ2v) is 5.64. The van der Waals surface area contributed by atoms with Crippen LogP contribution in [0.2, 0.25) is 0 Å². The number of nitrogens with zero attached hydrogens (tertiary/aromatic N) is 2. The Balaban J connectivity index is 2.02. The van der Waals surface area contributed by atoms with Crippen molar-refractivity contribution in [3.05, 3.63) is 42.0 Å². The fourth-order valence-corrected chi connectivity index (χ4v) is 2.82. The first-order chi connectivity index (χ1) is 9.20. The predicted molar refractivity (Wildman–Crippen MR) is 79.2 cm³/mol. The summed E-state index contributed by atoms with van der Waals surface area (Å²) < 4.78 is 0. The molecule has 19 heavy (non-hydrogen) atoms. The van der Waals surface area contributed by atoms with Gasteiger partial charge in [-0.15, -0.1) is 0 Å². The number of rotatable bonds is 3. The van der Waals surface area contributed by atoms with Crippen molar-refractivity contribution in [1.82, 2.24) is 0 Å². The molecule has 0 aromatic heterocycles. The molecule has 1 aliphatic rings. The zero-order chi connectivity index (χ0) is 13.4. The molecule has 96 valence electrons. The molecule has 2 atom stereocenters. The lowest BCUT2D eigenvalue weighted by atomic mass is 10.0. The summed E-state index contributed by atoms with van der Waals surface area (Å²) in [5.74, 6) is 1.70. The van der Waals surface area contributed by atoms with Gasteiger partial charge in [-0.1, -0.05) is 31.2 Å². The maximum atomic E-state index is 9.19. The van der Waals surface area contributed by atoms with Crippen LogP contribution in [0.25, 0.3) is 10.8 Å². The van der Waals surface area contributed by atoms with Crippen LogP contribution >= 0.6 is 0 Å². The van der Waals surface area contributed by atoms with Gasteiger partial charge in [0, 0.05) is 30.1 Å². The molecule has 1 fully saturated rings. The first-order valence-corrected chi connectivity index (χ1v) is 6.83. The Morgan fingerprint density at radius 1 is 1.21 bits per heavy atom. The van der Waals surface area contributed by atoms with Gasteiger partial charge in [0.05, 0.1) is 11.6 Å². The number of nitriles is 1. The Labute approximate surface area is 114 Å². The van der Waals surface area contributed by atoms with Crippen LogP contribution in [-0.2, 0) is 0 Å². The van der Waals surface area contributed by atoms with Crippen molar-refractivity contribution in [2.45, 2.75) is 13.3 Å². The van der Waals surface area contributed by atoms with Gasteiger partial charge < -0.3 is 4.90 Å². The predicted octanol–water partition coefficient (Wildman–Crippen LogP) is 3.80. The summed E-state index contributed by atoms with van der Waals surface area (Å²) in [6, 6.07) is 14.5. The Morgan fingerprint density at radius 2 is 1.89 bits per heavy atom. The normalized spacial score (nSPS) is 21.1. The summed E-state index contributed by atoms with van der Waals surface area (Å²) in [6.45, 7) is 3.42. The van der Waals surface area contributed by atoms with E-state index in [0.717, 1.165) is 29.3 Å². The maximum absolute atomic E-state index is 9.19. The molecule has 0 radical (unpaired) electrons. The van der Waals surface area contributed by atoms with E-state index in [1.54, 1.807) is 0 Å². The van der Waals surface area contributed by atoms with Gasteiger partial charge >= 0.3 is 0 Å². The van der Waals surface area contributed by atoms with Crippen LogP contribution in [0, 0.1) is 23.2 Å². The molecule has 1 aliphatic carbocycles. The summed E-state index contributed by atoms with van der Waals surface area (Å²) in [5, 5.41) is 11.4. The number of fused-ring (bicyclic) bond motifs is 1. The fourth-order valence-electron chi connectivity index (χ4n) is 2.82. The smallest absolute Gasteiger partial charge is 0.0998 e. The van der Waals surface area contributed by atoms with E-state index in [-0.39, 0.29) is 0 Å². The highest BCUT2D eigenvalue weighted by atomic mass is 15.1. The van der Waals surface area contributed by atoms with E-state index >= 15 is 0 Å². The molecular formula is C17H18N2. The van der Waals surface area contributed by atoms with E-state index in [4.69, 9.17) is 0 Å². The van der Waals surface area contributed by atoms with Crippen molar-refractivity contribution >= 4 is 16.5 Å². The van der Waals surface area contributed by atoms with Gasteiger partial charge in [0.25, 0.3) is 0 Å². The quantitative estimate of drug-likeness (QED) is 0.828. The number of anilines is 1. The Kier molecular flexibility index (Phi) is 2.91. The van der Waals surface area contributed by atoms with E-state index in [9.17, 15) is 5.26 Å². The average Bonchev–Trinajstić information content (AvgIpc) is 3.12. The van der Waals surface area contributed by atoms with Crippen LogP contribution in [0.5, 0.6) is 0 Å². The molecule has 0 N–H and O–H groups in total. The van der Waals surface area contributed by atoms with Crippen LogP contribution in [-0.4, -0.2) is 13.6 Å². The molecule has 0 amide bonds. The standard InChI is InChI=1S/C17H18N2/c1-12-9-14(12)11-19(2)17-8-7-13(10-18)15-5-3-4-6-16(15)17/h3-8,12,14H,9,11H2,1-2H3. The molecule has 0 bridgehead atoms. The molecule has 0 spiro atoms. The van der Waals surface area contributed by atoms with Gasteiger partial charge in [0.1, 0.15) is 0 Å². The lowest BCUT2D eigenvalue weighted by Gasteiger charge is -2.21. The van der Waals surface area contributed by atoms with Crippen molar-refractivity contribution in [1.29, 1.82) is 5.26 Å². The van der Waals surface area contributed by atoms with Crippen molar-refractivity contribution < 1.29 is 0 Å². The second kappa shape index (κ2) is 4.59. The third-order valence-corrected chi connectivity index (χ3v) is 4.22. The minimum Gasteiger partial charge on any atom is -0.374 e. The lowest BCUT2D eigenvalue weighted by molar-refractivity contribution is 0.727. The van der Waals surface area contributed by atoms with Gasteiger partial charge in [0.15, 0.2) is 0 Å². The highest BCUT2D eigenvalue weighted by molar-refractivity contribution is 5.97. The van der Waals surface area contributed by atoms with Gasteiger partial charge in [-0.2, -0.15) is 5.26 Å². The van der Waals surface area contributed by atoms with Crippen molar-refractivity contribution in [3.63, 3.8) is 0 Å². The van der Waals surface area contributed by atoms with E-state index in [0.29, 0.717) is 0 Å². The maximum Gasteiger partial charge on any atom is 0.0998 e. The molecule has 2 nitrogen and oxygen atoms in total. The van der Waals surface area contributed by atoms with Crippen LogP contribution in [0.15, 0.2) is 36.4 Å². The van der Waals surface area contributed by atoms with Gasteiger partial charge in [-0.3, -0.25) is 0 Å². The zero-order valence-corrected chi connectivity index (χ0v) is 11.4. The Morgan fingerprint density at radius 3 is 2.53 bits per heavy atom. The molecule has 2 unspecified atom stereocenters. The first-order valence-electron chi connectivity index (χ1n) is 6.83. The van der Waals surface area contributed by atoms with Crippen LogP contribution in [0.1, 0.15) is 18.9 Å². The molecule has 0 aliphatic heterocycles. The van der Waals surface area contributed by atoms with Gasteiger partial charge in [-0.25, -0.2) is 0 Å². The van der Waals surface area contributed by atoms with Crippen molar-refractivity contribution in [2.75, 3.05) is 18.5 Å². The minimum atomic E-state index is 0.757. The lowest BCUT2D eigenvalue weighted by Crippen LogP contribution is -2.20. The second-order valence-electron chi connectivity index (χ2n) is 5.64. The first kappa shape index (κ1) is 12.0. The summed E-state index contributed by atoms with van der Waals surface area (Å²) in [4.78, 5) is 2.33. The minimum absolute atomic E-state index is 0.757. The fraction of sp³-hybridized carbons (Fsp3) is 0.353. The van der Waals surface area contributed by atoms with E-state index < -0.39 is 0 Å². The van der Waals surface area contributed by atoms with Crippen molar-refractivity contribution in [3.8, 4) is 6.07 Å². The van der Waals surface area contributed by atoms with E-state index in [2.05, 4.69) is 37.1 Å². The number of hydrogen-bond acceptors (Lipinski definition) is 2. The third-order valence-electron chi connectivity index (χ3n) is 4.22. The summed E-state index contributed by atoms with van der Waals surface area (Å²) in [6.07, 6.45) is 1.35. The van der Waals surface area contributed by atoms with E-state index in [1.165, 1.54) is 17.5 Å². The van der Waals surface area contributed by atoms with Crippen molar-refractivity contribution in [2.24, 2.45) is 11.8 Å². The highest BCUT2D eigenvalue weighted by Crippen LogP contribution is 2.39. The molecule has 0 saturated heterocycles. The molecule has 2 aromatic carbocycles. The topological polar surface area (TPSA) is 27.0 Å². The molecule has 3 rings (SSSR count). The summed E-state index contributed by atoms with van der Waals surface area (Å²) >= 11 is 0. The molecule has 1 saturated carbocycles. The third kappa shape index (κ3) is 2.17. The monoisotopic (exact) mass is 250 g/mol. The van der Waals surface area contributed by atoms with Crippen LogP contribution in [0.4, 0.5) is 5.69 Å². The largest absolute Gasteiger partial charge is 0.374 e. The van der Waals surface area contributed by atoms with Crippen LogP contribution < -0.4 is 4.90 Å². The van der Waals surface area contributed by atoms with E-state index in [1.807, 2.05) is 24.3 Å². The van der Waals surface area contributed by atoms with Gasteiger partial charge in [0.2, 0.25) is 0 Å². The Bertz CT molecular complexity index is 654. The zero-order valence-electron chi connectivity index (χ0n) is 11.4. The average molecular weight is 250 g/mol. The molecule has 2 heteroatoms. The summed E-state index contributed by atoms with van der Waals surface area (Å²) in [5.41, 5.74) is 1.99. The molecule has 0 heterocycles. The van der Waals surface area contributed by atoms with Crippen LogP contribution in [0.3, 0.4) is 0 Å². The Hall–Kier alpha value is -2.01. The highest BCUT2D eigenvalue weighted by Gasteiger charge is 2.33. The number of hydrogen-bond donors (Lipinski definition) is 0. The van der Waals surface area contributed by atoms with Gasteiger partial charge in [-0.05, 0) is 30.4 Å².